The molecule has 0 aliphatic heterocycles. The summed E-state index contributed by atoms with van der Waals surface area (Å²) in [5, 5.41) is 3.01. The van der Waals surface area contributed by atoms with Gasteiger partial charge in [-0.15, -0.1) is 11.8 Å². The molecule has 2 aromatic rings. The number of halogens is 1. The van der Waals surface area contributed by atoms with Gasteiger partial charge in [0, 0.05) is 25.5 Å². The molecule has 0 saturated heterocycles. The van der Waals surface area contributed by atoms with Gasteiger partial charge in [0.1, 0.15) is 0 Å². The van der Waals surface area contributed by atoms with Gasteiger partial charge in [0.15, 0.2) is 0 Å². The van der Waals surface area contributed by atoms with Crippen LogP contribution < -0.4 is 5.32 Å². The van der Waals surface area contributed by atoms with E-state index in [-0.39, 0.29) is 21.4 Å². The lowest BCUT2D eigenvalue weighted by Gasteiger charge is -2.13. The van der Waals surface area contributed by atoms with Crippen LogP contribution in [0.25, 0.3) is 0 Å². The molecule has 8 heteroatoms. The van der Waals surface area contributed by atoms with Gasteiger partial charge in [-0.3, -0.25) is 4.79 Å². The summed E-state index contributed by atoms with van der Waals surface area (Å²) in [4.78, 5) is 13.6. The van der Waals surface area contributed by atoms with Crippen molar-refractivity contribution < 1.29 is 13.2 Å². The number of amides is 1. The molecular weight excluding hydrogens is 392 g/mol. The first-order chi connectivity index (χ1) is 12.3. The summed E-state index contributed by atoms with van der Waals surface area (Å²) in [6.45, 7) is 0.486. The minimum absolute atomic E-state index is 0.0386. The van der Waals surface area contributed by atoms with Crippen molar-refractivity contribution >= 4 is 39.3 Å². The van der Waals surface area contributed by atoms with Crippen LogP contribution >= 0.6 is 23.4 Å². The van der Waals surface area contributed by atoms with E-state index in [1.807, 2.05) is 30.3 Å². The van der Waals surface area contributed by atoms with Crippen molar-refractivity contribution in [1.29, 1.82) is 0 Å². The van der Waals surface area contributed by atoms with Gasteiger partial charge in [-0.05, 0) is 42.5 Å². The monoisotopic (exact) mass is 412 g/mol. The molecule has 26 heavy (non-hydrogen) atoms. The lowest BCUT2D eigenvalue weighted by molar-refractivity contribution is 0.0953. The molecule has 0 bridgehead atoms. The molecule has 0 aliphatic rings. The van der Waals surface area contributed by atoms with Crippen LogP contribution in [-0.2, 0) is 10.0 Å². The number of hydrogen-bond donors (Lipinski definition) is 1. The Morgan fingerprint density at radius 3 is 2.50 bits per heavy atom. The summed E-state index contributed by atoms with van der Waals surface area (Å²) in [6.07, 6.45) is 0.790. The average Bonchev–Trinajstić information content (AvgIpc) is 2.62. The van der Waals surface area contributed by atoms with Gasteiger partial charge in [-0.2, -0.15) is 0 Å². The van der Waals surface area contributed by atoms with Crippen LogP contribution in [0.2, 0.25) is 5.02 Å². The molecule has 1 N–H and O–H groups in total. The third kappa shape index (κ3) is 5.48. The van der Waals surface area contributed by atoms with Gasteiger partial charge in [0.25, 0.3) is 5.91 Å². The average molecular weight is 413 g/mol. The Hall–Kier alpha value is -1.54. The number of carbonyl (C=O) groups excluding carboxylic acids is 1. The van der Waals surface area contributed by atoms with Gasteiger partial charge in [0.2, 0.25) is 10.0 Å². The molecule has 140 valence electrons. The van der Waals surface area contributed by atoms with E-state index in [9.17, 15) is 13.2 Å². The Kier molecular flexibility index (Phi) is 7.52. The van der Waals surface area contributed by atoms with Crippen LogP contribution in [-0.4, -0.2) is 45.0 Å². The van der Waals surface area contributed by atoms with Crippen molar-refractivity contribution in [2.45, 2.75) is 16.2 Å². The Morgan fingerprint density at radius 1 is 1.15 bits per heavy atom. The summed E-state index contributed by atoms with van der Waals surface area (Å²) in [7, 11) is -0.741. The van der Waals surface area contributed by atoms with Crippen LogP contribution in [0.3, 0.4) is 0 Å². The molecule has 2 aromatic carbocycles. The highest BCUT2D eigenvalue weighted by Crippen LogP contribution is 2.22. The highest BCUT2D eigenvalue weighted by molar-refractivity contribution is 7.99. The third-order valence-corrected chi connectivity index (χ3v) is 6.82. The first kappa shape index (κ1) is 20.8. The van der Waals surface area contributed by atoms with Gasteiger partial charge in [-0.1, -0.05) is 29.8 Å². The SMILES string of the molecule is CN(C)S(=O)(=O)c1ccc(Cl)c(C(=O)NCCCSc2ccccc2)c1. The summed E-state index contributed by atoms with van der Waals surface area (Å²) in [5.41, 5.74) is 0.158. The highest BCUT2D eigenvalue weighted by atomic mass is 35.5. The van der Waals surface area contributed by atoms with Crippen molar-refractivity contribution in [3.05, 3.63) is 59.1 Å². The fraction of sp³-hybridized carbons (Fsp3) is 0.278. The molecular formula is C18H21ClN2O3S2. The first-order valence-electron chi connectivity index (χ1n) is 8.00. The summed E-state index contributed by atoms with van der Waals surface area (Å²) < 4.78 is 25.5. The maximum absolute atomic E-state index is 12.3. The number of hydrogen-bond acceptors (Lipinski definition) is 4. The van der Waals surface area contributed by atoms with Crippen molar-refractivity contribution in [2.75, 3.05) is 26.4 Å². The number of carbonyl (C=O) groups is 1. The van der Waals surface area contributed by atoms with Crippen LogP contribution in [0.1, 0.15) is 16.8 Å². The lowest BCUT2D eigenvalue weighted by Crippen LogP contribution is -2.26. The Labute approximate surface area is 163 Å². The van der Waals surface area contributed by atoms with Gasteiger partial charge >= 0.3 is 0 Å². The summed E-state index contributed by atoms with van der Waals surface area (Å²) >= 11 is 7.79. The highest BCUT2D eigenvalue weighted by Gasteiger charge is 2.20. The van der Waals surface area contributed by atoms with Crippen LogP contribution in [0.4, 0.5) is 0 Å². The predicted octanol–water partition coefficient (Wildman–Crippen LogP) is 3.50. The summed E-state index contributed by atoms with van der Waals surface area (Å²) in [5.74, 6) is 0.489. The normalized spacial score (nSPS) is 11.5. The van der Waals surface area contributed by atoms with E-state index in [0.717, 1.165) is 16.5 Å². The van der Waals surface area contributed by atoms with Crippen molar-refractivity contribution in [3.63, 3.8) is 0 Å². The fourth-order valence-electron chi connectivity index (χ4n) is 2.13. The second kappa shape index (κ2) is 9.41. The number of rotatable bonds is 8. The van der Waals surface area contributed by atoms with E-state index in [1.54, 1.807) is 11.8 Å². The molecule has 0 aliphatic carbocycles. The van der Waals surface area contributed by atoms with Crippen molar-refractivity contribution in [3.8, 4) is 0 Å². The van der Waals surface area contributed by atoms with E-state index >= 15 is 0 Å². The van der Waals surface area contributed by atoms with Gasteiger partial charge in [-0.25, -0.2) is 12.7 Å². The smallest absolute Gasteiger partial charge is 0.252 e. The molecule has 0 atom stereocenters. The summed E-state index contributed by atoms with van der Waals surface area (Å²) in [6, 6.07) is 14.2. The minimum Gasteiger partial charge on any atom is -0.352 e. The van der Waals surface area contributed by atoms with Gasteiger partial charge in [0.05, 0.1) is 15.5 Å². The van der Waals surface area contributed by atoms with E-state index < -0.39 is 10.0 Å². The number of benzene rings is 2. The number of nitrogens with one attached hydrogen (secondary N) is 1. The number of thioether (sulfide) groups is 1. The fourth-order valence-corrected chi connectivity index (χ4v) is 4.13. The molecule has 0 radical (unpaired) electrons. The first-order valence-corrected chi connectivity index (χ1v) is 10.8. The third-order valence-electron chi connectivity index (χ3n) is 3.58. The Morgan fingerprint density at radius 2 is 1.85 bits per heavy atom. The Balaban J connectivity index is 1.93. The zero-order valence-electron chi connectivity index (χ0n) is 14.6. The van der Waals surface area contributed by atoms with Crippen LogP contribution in [0.5, 0.6) is 0 Å². The van der Waals surface area contributed by atoms with Crippen molar-refractivity contribution in [2.24, 2.45) is 0 Å². The molecule has 0 spiro atoms. The van der Waals surface area contributed by atoms with Crippen LogP contribution in [0, 0.1) is 0 Å². The molecule has 0 saturated carbocycles. The molecule has 1 amide bonds. The quantitative estimate of drug-likeness (QED) is 0.532. The molecule has 0 heterocycles. The standard InChI is InChI=1S/C18H21ClN2O3S2/c1-21(2)26(23,24)15-9-10-17(19)16(13-15)18(22)20-11-6-12-25-14-7-4-3-5-8-14/h3-5,7-10,13H,6,11-12H2,1-2H3,(H,20,22). The number of sulfonamides is 1. The van der Waals surface area contributed by atoms with E-state index in [0.29, 0.717) is 6.54 Å². The largest absolute Gasteiger partial charge is 0.352 e. The second-order valence-corrected chi connectivity index (χ2v) is 9.43. The van der Waals surface area contributed by atoms with Crippen molar-refractivity contribution in [1.82, 2.24) is 9.62 Å². The second-order valence-electron chi connectivity index (χ2n) is 5.70. The molecule has 5 nitrogen and oxygen atoms in total. The topological polar surface area (TPSA) is 66.5 Å². The molecule has 0 fully saturated rings. The zero-order chi connectivity index (χ0) is 19.2. The molecule has 2 rings (SSSR count). The van der Waals surface area contributed by atoms with E-state index in [4.69, 9.17) is 11.6 Å². The maximum Gasteiger partial charge on any atom is 0.252 e. The van der Waals surface area contributed by atoms with Crippen LogP contribution in [0.15, 0.2) is 58.3 Å². The molecule has 0 aromatic heterocycles. The minimum atomic E-state index is -3.62. The zero-order valence-corrected chi connectivity index (χ0v) is 17.0. The maximum atomic E-state index is 12.3. The molecule has 0 unspecified atom stereocenters. The van der Waals surface area contributed by atoms with E-state index in [1.165, 1.54) is 37.2 Å². The van der Waals surface area contributed by atoms with Gasteiger partial charge < -0.3 is 5.32 Å². The lowest BCUT2D eigenvalue weighted by atomic mass is 10.2. The van der Waals surface area contributed by atoms with E-state index in [2.05, 4.69) is 5.32 Å². The predicted molar refractivity (Wildman–Crippen MR) is 106 cm³/mol. The number of nitrogens with zero attached hydrogens (tertiary/aromatic N) is 1. The Bertz CT molecular complexity index is 856.